The maximum absolute atomic E-state index is 13.0. The van der Waals surface area contributed by atoms with E-state index in [2.05, 4.69) is 38.3 Å². The van der Waals surface area contributed by atoms with Gasteiger partial charge in [-0.2, -0.15) is 0 Å². The maximum Gasteiger partial charge on any atom is 0.339 e. The number of fused-ring (bicyclic) bond motifs is 1. The Balaban J connectivity index is 1.52. The molecular formula is C25H30N2O3. The highest BCUT2D eigenvalue weighted by Gasteiger charge is 2.38. The van der Waals surface area contributed by atoms with Gasteiger partial charge in [0.05, 0.1) is 5.56 Å². The van der Waals surface area contributed by atoms with Crippen LogP contribution in [0.2, 0.25) is 0 Å². The number of carbonyl (C=O) groups excluding carboxylic acids is 2. The molecule has 0 saturated carbocycles. The number of nitrogens with one attached hydrogen (secondary N) is 2. The highest BCUT2D eigenvalue weighted by atomic mass is 16.5. The quantitative estimate of drug-likeness (QED) is 0.751. The van der Waals surface area contributed by atoms with Gasteiger partial charge in [0.25, 0.3) is 5.91 Å². The monoisotopic (exact) mass is 406 g/mol. The first kappa shape index (κ1) is 20.6. The predicted molar refractivity (Wildman–Crippen MR) is 117 cm³/mol. The largest absolute Gasteiger partial charge is 0.454 e. The van der Waals surface area contributed by atoms with Crippen LogP contribution in [0.1, 0.15) is 78.5 Å². The molecule has 1 atom stereocenters. The van der Waals surface area contributed by atoms with Crippen LogP contribution >= 0.6 is 0 Å². The summed E-state index contributed by atoms with van der Waals surface area (Å²) in [6.45, 7) is 8.67. The first-order valence-corrected chi connectivity index (χ1v) is 10.6. The molecule has 2 aromatic rings. The minimum absolute atomic E-state index is 0.0395. The van der Waals surface area contributed by atoms with Crippen LogP contribution in [-0.4, -0.2) is 29.0 Å². The van der Waals surface area contributed by atoms with E-state index in [1.807, 2.05) is 36.4 Å². The lowest BCUT2D eigenvalue weighted by Crippen LogP contribution is -2.62. The zero-order valence-corrected chi connectivity index (χ0v) is 18.1. The van der Waals surface area contributed by atoms with E-state index in [0.29, 0.717) is 17.5 Å². The molecule has 5 heteroatoms. The highest BCUT2D eigenvalue weighted by molar-refractivity contribution is 5.98. The first-order chi connectivity index (χ1) is 14.1. The molecule has 30 heavy (non-hydrogen) atoms. The Kier molecular flexibility index (Phi) is 5.18. The van der Waals surface area contributed by atoms with E-state index in [-0.39, 0.29) is 35.1 Å². The van der Waals surface area contributed by atoms with E-state index < -0.39 is 0 Å². The van der Waals surface area contributed by atoms with Crippen molar-refractivity contribution in [3.63, 3.8) is 0 Å². The van der Waals surface area contributed by atoms with Gasteiger partial charge in [-0.25, -0.2) is 4.79 Å². The third kappa shape index (κ3) is 4.41. The molecule has 1 saturated heterocycles. The molecule has 2 aliphatic rings. The highest BCUT2D eigenvalue weighted by Crippen LogP contribution is 2.32. The molecule has 0 radical (unpaired) electrons. The van der Waals surface area contributed by atoms with Crippen molar-refractivity contribution in [3.05, 3.63) is 70.8 Å². The van der Waals surface area contributed by atoms with Crippen LogP contribution < -0.4 is 10.6 Å². The molecule has 0 aromatic heterocycles. The van der Waals surface area contributed by atoms with Crippen LogP contribution in [0.25, 0.3) is 0 Å². The van der Waals surface area contributed by atoms with Gasteiger partial charge in [0, 0.05) is 29.1 Å². The Morgan fingerprint density at radius 1 is 1.03 bits per heavy atom. The lowest BCUT2D eigenvalue weighted by Gasteiger charge is -2.46. The SMILES string of the molecule is CC1(C)CC(NC(=O)c2ccc3c(c2)C[C@H](c2ccccc2)OC3=O)CC(C)(C)N1. The summed E-state index contributed by atoms with van der Waals surface area (Å²) in [5.74, 6) is -0.426. The normalized spacial score (nSPS) is 22.7. The van der Waals surface area contributed by atoms with E-state index in [4.69, 9.17) is 4.74 Å². The van der Waals surface area contributed by atoms with Gasteiger partial charge in [-0.1, -0.05) is 30.3 Å². The van der Waals surface area contributed by atoms with Crippen molar-refractivity contribution >= 4 is 11.9 Å². The first-order valence-electron chi connectivity index (χ1n) is 10.6. The molecule has 1 fully saturated rings. The number of benzene rings is 2. The average molecular weight is 407 g/mol. The van der Waals surface area contributed by atoms with Gasteiger partial charge in [0.2, 0.25) is 0 Å². The van der Waals surface area contributed by atoms with E-state index in [1.54, 1.807) is 12.1 Å². The summed E-state index contributed by atoms with van der Waals surface area (Å²) in [7, 11) is 0. The fourth-order valence-corrected chi connectivity index (χ4v) is 5.08. The van der Waals surface area contributed by atoms with E-state index in [1.165, 1.54) is 0 Å². The number of esters is 1. The fraction of sp³-hybridized carbons (Fsp3) is 0.440. The van der Waals surface area contributed by atoms with Gasteiger partial charge in [0.1, 0.15) is 6.10 Å². The zero-order valence-electron chi connectivity index (χ0n) is 18.1. The van der Waals surface area contributed by atoms with Gasteiger partial charge in [-0.3, -0.25) is 4.79 Å². The van der Waals surface area contributed by atoms with E-state index >= 15 is 0 Å². The number of ether oxygens (including phenoxy) is 1. The van der Waals surface area contributed by atoms with Crippen LogP contribution in [0.5, 0.6) is 0 Å². The van der Waals surface area contributed by atoms with E-state index in [0.717, 1.165) is 24.0 Å². The molecular weight excluding hydrogens is 376 g/mol. The van der Waals surface area contributed by atoms with Crippen molar-refractivity contribution in [2.24, 2.45) is 0 Å². The summed E-state index contributed by atoms with van der Waals surface area (Å²) < 4.78 is 5.62. The van der Waals surface area contributed by atoms with Crippen LogP contribution in [0.4, 0.5) is 0 Å². The smallest absolute Gasteiger partial charge is 0.339 e. The number of piperidine rings is 1. The van der Waals surface area contributed by atoms with Gasteiger partial charge in [-0.15, -0.1) is 0 Å². The molecule has 2 N–H and O–H groups in total. The van der Waals surface area contributed by atoms with Crippen molar-refractivity contribution in [1.82, 2.24) is 10.6 Å². The van der Waals surface area contributed by atoms with Gasteiger partial charge < -0.3 is 15.4 Å². The molecule has 0 bridgehead atoms. The Hall–Kier alpha value is -2.66. The van der Waals surface area contributed by atoms with E-state index in [9.17, 15) is 9.59 Å². The molecule has 2 aliphatic heterocycles. The topological polar surface area (TPSA) is 67.4 Å². The van der Waals surface area contributed by atoms with Crippen LogP contribution in [0.15, 0.2) is 48.5 Å². The summed E-state index contributed by atoms with van der Waals surface area (Å²) >= 11 is 0. The van der Waals surface area contributed by atoms with Gasteiger partial charge >= 0.3 is 5.97 Å². The predicted octanol–water partition coefficient (Wildman–Crippen LogP) is 4.18. The molecule has 158 valence electrons. The van der Waals surface area contributed by atoms with Crippen LogP contribution in [-0.2, 0) is 11.2 Å². The fourth-order valence-electron chi connectivity index (χ4n) is 5.08. The second kappa shape index (κ2) is 7.55. The molecule has 1 amide bonds. The van der Waals surface area contributed by atoms with Crippen LogP contribution in [0, 0.1) is 0 Å². The molecule has 5 nitrogen and oxygen atoms in total. The number of hydrogen-bond acceptors (Lipinski definition) is 4. The average Bonchev–Trinajstić information content (AvgIpc) is 2.65. The third-order valence-electron chi connectivity index (χ3n) is 5.94. The molecule has 0 spiro atoms. The number of amides is 1. The van der Waals surface area contributed by atoms with Gasteiger partial charge in [0.15, 0.2) is 0 Å². The Bertz CT molecular complexity index is 950. The number of rotatable bonds is 3. The molecule has 2 heterocycles. The molecule has 4 rings (SSSR count). The zero-order chi connectivity index (χ0) is 21.5. The summed E-state index contributed by atoms with van der Waals surface area (Å²) in [6, 6.07) is 15.1. The number of carbonyl (C=O) groups is 2. The number of hydrogen-bond donors (Lipinski definition) is 2. The third-order valence-corrected chi connectivity index (χ3v) is 5.94. The molecule has 2 aromatic carbocycles. The second-order valence-electron chi connectivity index (χ2n) is 9.85. The van der Waals surface area contributed by atoms with Crippen molar-refractivity contribution in [2.75, 3.05) is 0 Å². The number of cyclic esters (lactones) is 1. The molecule has 0 aliphatic carbocycles. The minimum atomic E-state index is -0.334. The lowest BCUT2D eigenvalue weighted by molar-refractivity contribution is 0.0252. The second-order valence-corrected chi connectivity index (χ2v) is 9.85. The van der Waals surface area contributed by atoms with Crippen LogP contribution in [0.3, 0.4) is 0 Å². The van der Waals surface area contributed by atoms with Gasteiger partial charge in [-0.05, 0) is 69.9 Å². The maximum atomic E-state index is 13.0. The Morgan fingerprint density at radius 3 is 2.37 bits per heavy atom. The Morgan fingerprint density at radius 2 is 1.70 bits per heavy atom. The summed E-state index contributed by atoms with van der Waals surface area (Å²) in [4.78, 5) is 25.5. The van der Waals surface area contributed by atoms with Crippen molar-refractivity contribution in [3.8, 4) is 0 Å². The lowest BCUT2D eigenvalue weighted by atomic mass is 9.79. The van der Waals surface area contributed by atoms with Crippen molar-refractivity contribution < 1.29 is 14.3 Å². The standard InChI is InChI=1S/C25H30N2O3/c1-24(2)14-19(15-25(3,4)27-24)26-22(28)17-10-11-20-18(12-17)13-21(30-23(20)29)16-8-6-5-7-9-16/h5-12,19,21,27H,13-15H2,1-4H3,(H,26,28)/t21-/m1/s1. The minimum Gasteiger partial charge on any atom is -0.454 e. The Labute approximate surface area is 178 Å². The molecule has 0 unspecified atom stereocenters. The summed E-state index contributed by atoms with van der Waals surface area (Å²) in [5, 5.41) is 6.85. The van der Waals surface area contributed by atoms with Crippen molar-refractivity contribution in [2.45, 2.75) is 70.2 Å². The summed E-state index contributed by atoms with van der Waals surface area (Å²) in [6.07, 6.45) is 1.99. The van der Waals surface area contributed by atoms with Crippen molar-refractivity contribution in [1.29, 1.82) is 0 Å². The summed E-state index contributed by atoms with van der Waals surface area (Å²) in [5.41, 5.74) is 2.88.